The normalized spacial score (nSPS) is 15.3. The summed E-state index contributed by atoms with van der Waals surface area (Å²) >= 11 is 5.86. The molecule has 0 spiro atoms. The van der Waals surface area contributed by atoms with Crippen LogP contribution in [0.5, 0.6) is 0 Å². The lowest BCUT2D eigenvalue weighted by Crippen LogP contribution is -2.35. The van der Waals surface area contributed by atoms with Crippen molar-refractivity contribution in [1.29, 1.82) is 0 Å². The summed E-state index contributed by atoms with van der Waals surface area (Å²) in [7, 11) is 0. The maximum absolute atomic E-state index is 12.4. The number of benzene rings is 1. The van der Waals surface area contributed by atoms with E-state index in [9.17, 15) is 9.90 Å². The van der Waals surface area contributed by atoms with Gasteiger partial charge in [0.25, 0.3) is 5.91 Å². The van der Waals surface area contributed by atoms with E-state index in [1.54, 1.807) is 36.5 Å². The first-order valence-electron chi connectivity index (χ1n) is 8.05. The number of pyridine rings is 1. The van der Waals surface area contributed by atoms with Crippen LogP contribution in [0.2, 0.25) is 5.02 Å². The molecule has 1 amide bonds. The predicted molar refractivity (Wildman–Crippen MR) is 95.7 cm³/mol. The van der Waals surface area contributed by atoms with Gasteiger partial charge in [0.2, 0.25) is 0 Å². The van der Waals surface area contributed by atoms with Gasteiger partial charge >= 0.3 is 0 Å². The molecule has 1 aliphatic heterocycles. The minimum Gasteiger partial charge on any atom is -0.396 e. The third kappa shape index (κ3) is 3.86. The average Bonchev–Trinajstić information content (AvgIpc) is 2.63. The molecule has 2 aromatic rings. The fraction of sp³-hybridized carbons (Fsp3) is 0.333. The molecule has 1 aromatic heterocycles. The highest BCUT2D eigenvalue weighted by molar-refractivity contribution is 6.30. The van der Waals surface area contributed by atoms with Crippen LogP contribution in [-0.4, -0.2) is 35.7 Å². The molecule has 1 fully saturated rings. The van der Waals surface area contributed by atoms with E-state index >= 15 is 0 Å². The molecule has 0 radical (unpaired) electrons. The number of rotatable bonds is 4. The van der Waals surface area contributed by atoms with E-state index in [4.69, 9.17) is 11.6 Å². The molecule has 0 aliphatic carbocycles. The zero-order chi connectivity index (χ0) is 16.9. The van der Waals surface area contributed by atoms with E-state index in [0.717, 1.165) is 31.7 Å². The number of halogens is 1. The van der Waals surface area contributed by atoms with Gasteiger partial charge in [-0.3, -0.25) is 4.79 Å². The van der Waals surface area contributed by atoms with Crippen molar-refractivity contribution in [1.82, 2.24) is 4.98 Å². The molecule has 6 heteroatoms. The predicted octanol–water partition coefficient (Wildman–Crippen LogP) is 3.20. The second kappa shape index (κ2) is 7.64. The molecule has 2 heterocycles. The number of aromatic nitrogens is 1. The Morgan fingerprint density at radius 2 is 1.96 bits per heavy atom. The van der Waals surface area contributed by atoms with Crippen molar-refractivity contribution in [3.05, 3.63) is 53.2 Å². The Morgan fingerprint density at radius 1 is 1.25 bits per heavy atom. The van der Waals surface area contributed by atoms with Crippen molar-refractivity contribution in [3.8, 4) is 0 Å². The topological polar surface area (TPSA) is 65.5 Å². The second-order valence-corrected chi connectivity index (χ2v) is 6.39. The summed E-state index contributed by atoms with van der Waals surface area (Å²) < 4.78 is 0. The molecule has 0 unspecified atom stereocenters. The lowest BCUT2D eigenvalue weighted by atomic mass is 9.98. The average molecular weight is 346 g/mol. The molecule has 0 bridgehead atoms. The minimum absolute atomic E-state index is 0.189. The quantitative estimate of drug-likeness (QED) is 0.893. The Morgan fingerprint density at radius 3 is 2.62 bits per heavy atom. The van der Waals surface area contributed by atoms with Crippen LogP contribution in [0, 0.1) is 5.92 Å². The summed E-state index contributed by atoms with van der Waals surface area (Å²) in [6.45, 7) is 1.88. The summed E-state index contributed by atoms with van der Waals surface area (Å²) in [5.74, 6) is 0.944. The Labute approximate surface area is 146 Å². The van der Waals surface area contributed by atoms with Crippen molar-refractivity contribution < 1.29 is 9.90 Å². The van der Waals surface area contributed by atoms with Crippen LogP contribution in [0.4, 0.5) is 11.5 Å². The molecule has 126 valence electrons. The minimum atomic E-state index is -0.189. The second-order valence-electron chi connectivity index (χ2n) is 5.95. The summed E-state index contributed by atoms with van der Waals surface area (Å²) in [4.78, 5) is 19.0. The van der Waals surface area contributed by atoms with Crippen LogP contribution < -0.4 is 10.2 Å². The number of hydrogen-bond donors (Lipinski definition) is 2. The van der Waals surface area contributed by atoms with Gasteiger partial charge in [0.15, 0.2) is 5.82 Å². The fourth-order valence-electron chi connectivity index (χ4n) is 2.87. The first kappa shape index (κ1) is 16.7. The van der Waals surface area contributed by atoms with Gasteiger partial charge in [0.1, 0.15) is 0 Å². The summed E-state index contributed by atoms with van der Waals surface area (Å²) in [5.41, 5.74) is 1.24. The van der Waals surface area contributed by atoms with Gasteiger partial charge in [-0.2, -0.15) is 0 Å². The molecule has 3 rings (SSSR count). The zero-order valence-electron chi connectivity index (χ0n) is 13.3. The standard InChI is InChI=1S/C18H20ClN3O2/c19-15-5-3-14(4-6-15)18(24)21-16-2-1-9-20-17(16)22-10-7-13(12-23)8-11-22/h1-6,9,13,23H,7-8,10-12H2,(H,21,24). The van der Waals surface area contributed by atoms with E-state index in [2.05, 4.69) is 15.2 Å². The number of hydrogen-bond acceptors (Lipinski definition) is 4. The summed E-state index contributed by atoms with van der Waals surface area (Å²) in [5, 5.41) is 12.8. The first-order valence-corrected chi connectivity index (χ1v) is 8.43. The Kier molecular flexibility index (Phi) is 5.33. The van der Waals surface area contributed by atoms with Crippen molar-refractivity contribution in [2.75, 3.05) is 29.9 Å². The van der Waals surface area contributed by atoms with Gasteiger partial charge in [-0.1, -0.05) is 11.6 Å². The Hall–Kier alpha value is -2.11. The monoisotopic (exact) mass is 345 g/mol. The number of amides is 1. The van der Waals surface area contributed by atoms with Crippen LogP contribution in [0.15, 0.2) is 42.6 Å². The fourth-order valence-corrected chi connectivity index (χ4v) is 3.00. The van der Waals surface area contributed by atoms with E-state index in [-0.39, 0.29) is 12.5 Å². The molecule has 0 saturated carbocycles. The van der Waals surface area contributed by atoms with Gasteiger partial charge in [-0.25, -0.2) is 4.98 Å². The largest absolute Gasteiger partial charge is 0.396 e. The highest BCUT2D eigenvalue weighted by atomic mass is 35.5. The molecule has 1 aliphatic rings. The maximum Gasteiger partial charge on any atom is 0.255 e. The van der Waals surface area contributed by atoms with Crippen LogP contribution in [0.3, 0.4) is 0 Å². The number of aliphatic hydroxyl groups excluding tert-OH is 1. The molecule has 5 nitrogen and oxygen atoms in total. The molecule has 0 atom stereocenters. The number of nitrogens with zero attached hydrogens (tertiary/aromatic N) is 2. The van der Waals surface area contributed by atoms with Gasteiger partial charge in [0.05, 0.1) is 5.69 Å². The van der Waals surface area contributed by atoms with Gasteiger partial charge < -0.3 is 15.3 Å². The number of piperidine rings is 1. The van der Waals surface area contributed by atoms with Crippen LogP contribution in [-0.2, 0) is 0 Å². The van der Waals surface area contributed by atoms with Gasteiger partial charge in [-0.15, -0.1) is 0 Å². The Bertz CT molecular complexity index is 698. The van der Waals surface area contributed by atoms with Crippen molar-refractivity contribution >= 4 is 29.0 Å². The van der Waals surface area contributed by atoms with E-state index in [1.807, 2.05) is 6.07 Å². The molecule has 1 saturated heterocycles. The lowest BCUT2D eigenvalue weighted by molar-refractivity contribution is 0.102. The van der Waals surface area contributed by atoms with Crippen LogP contribution >= 0.6 is 11.6 Å². The SMILES string of the molecule is O=C(Nc1cccnc1N1CCC(CO)CC1)c1ccc(Cl)cc1. The number of nitrogens with one attached hydrogen (secondary N) is 1. The smallest absolute Gasteiger partial charge is 0.255 e. The van der Waals surface area contributed by atoms with Gasteiger partial charge in [0, 0.05) is 36.5 Å². The van der Waals surface area contributed by atoms with E-state index in [0.29, 0.717) is 22.2 Å². The van der Waals surface area contributed by atoms with E-state index in [1.165, 1.54) is 0 Å². The highest BCUT2D eigenvalue weighted by Crippen LogP contribution is 2.28. The number of carbonyl (C=O) groups excluding carboxylic acids is 1. The van der Waals surface area contributed by atoms with Gasteiger partial charge in [-0.05, 0) is 55.2 Å². The summed E-state index contributed by atoms with van der Waals surface area (Å²) in [6.07, 6.45) is 3.58. The number of carbonyl (C=O) groups is 1. The van der Waals surface area contributed by atoms with Crippen molar-refractivity contribution in [2.24, 2.45) is 5.92 Å². The number of aliphatic hydroxyl groups is 1. The van der Waals surface area contributed by atoms with Crippen LogP contribution in [0.1, 0.15) is 23.2 Å². The molecular weight excluding hydrogens is 326 g/mol. The molecule has 2 N–H and O–H groups in total. The summed E-state index contributed by atoms with van der Waals surface area (Å²) in [6, 6.07) is 10.4. The van der Waals surface area contributed by atoms with Crippen molar-refractivity contribution in [3.63, 3.8) is 0 Å². The molecule has 24 heavy (non-hydrogen) atoms. The maximum atomic E-state index is 12.4. The Balaban J connectivity index is 1.74. The number of anilines is 2. The first-order chi connectivity index (χ1) is 11.7. The third-order valence-electron chi connectivity index (χ3n) is 4.31. The lowest BCUT2D eigenvalue weighted by Gasteiger charge is -2.33. The molecular formula is C18H20ClN3O2. The highest BCUT2D eigenvalue weighted by Gasteiger charge is 2.22. The zero-order valence-corrected chi connectivity index (χ0v) is 14.0. The van der Waals surface area contributed by atoms with Crippen molar-refractivity contribution in [2.45, 2.75) is 12.8 Å². The molecule has 1 aromatic carbocycles. The third-order valence-corrected chi connectivity index (χ3v) is 4.57. The van der Waals surface area contributed by atoms with E-state index < -0.39 is 0 Å². The van der Waals surface area contributed by atoms with Crippen LogP contribution in [0.25, 0.3) is 0 Å².